The van der Waals surface area contributed by atoms with Crippen LogP contribution in [0.15, 0.2) is 18.2 Å². The standard InChI is InChI=1S/C16H20O8/c17-6-11-13(20)14(21)15(22)16(24-11)23-10-5-4-8(18)7-2-1-3-9(19)12(7)10/h1-3,10-11,13-17,19-22H,4-6H2/t10-,11-,13-,14+,15-,16-/m1/s1. The number of Topliss-reactive ketones (excluding diaryl/α,β-unsaturated/α-hetero) is 1. The van der Waals surface area contributed by atoms with Gasteiger partial charge in [0, 0.05) is 17.5 Å². The van der Waals surface area contributed by atoms with Gasteiger partial charge in [-0.1, -0.05) is 12.1 Å². The topological polar surface area (TPSA) is 137 Å². The van der Waals surface area contributed by atoms with Gasteiger partial charge in [-0.15, -0.1) is 0 Å². The largest absolute Gasteiger partial charge is 0.508 e. The van der Waals surface area contributed by atoms with Crippen molar-refractivity contribution in [3.63, 3.8) is 0 Å². The van der Waals surface area contributed by atoms with Crippen LogP contribution in [0.1, 0.15) is 34.9 Å². The summed E-state index contributed by atoms with van der Waals surface area (Å²) < 4.78 is 11.0. The Morgan fingerprint density at radius 3 is 2.62 bits per heavy atom. The van der Waals surface area contributed by atoms with Gasteiger partial charge in [0.05, 0.1) is 12.7 Å². The molecule has 5 N–H and O–H groups in total. The van der Waals surface area contributed by atoms with Crippen LogP contribution in [0.3, 0.4) is 0 Å². The first kappa shape index (κ1) is 17.3. The quantitative estimate of drug-likeness (QED) is 0.484. The summed E-state index contributed by atoms with van der Waals surface area (Å²) in [6.45, 7) is -0.560. The molecule has 24 heavy (non-hydrogen) atoms. The Morgan fingerprint density at radius 2 is 1.92 bits per heavy atom. The molecule has 2 aliphatic rings. The molecule has 132 valence electrons. The summed E-state index contributed by atoms with van der Waals surface area (Å²) in [6, 6.07) is 4.57. The summed E-state index contributed by atoms with van der Waals surface area (Å²) in [4.78, 5) is 12.0. The van der Waals surface area contributed by atoms with E-state index in [9.17, 15) is 30.3 Å². The number of ether oxygens (including phenoxy) is 2. The number of hydrogen-bond donors (Lipinski definition) is 5. The fourth-order valence-electron chi connectivity index (χ4n) is 3.15. The van der Waals surface area contributed by atoms with E-state index in [1.165, 1.54) is 6.07 Å². The van der Waals surface area contributed by atoms with Crippen LogP contribution in [0.4, 0.5) is 0 Å². The molecular formula is C16H20O8. The van der Waals surface area contributed by atoms with Crippen LogP contribution in [-0.2, 0) is 9.47 Å². The van der Waals surface area contributed by atoms with Crippen LogP contribution in [0.2, 0.25) is 0 Å². The minimum Gasteiger partial charge on any atom is -0.508 e. The lowest BCUT2D eigenvalue weighted by Gasteiger charge is -2.41. The van der Waals surface area contributed by atoms with Crippen molar-refractivity contribution >= 4 is 5.78 Å². The Hall–Kier alpha value is -1.55. The van der Waals surface area contributed by atoms with Gasteiger partial charge in [-0.2, -0.15) is 0 Å². The third-order valence-electron chi connectivity index (χ3n) is 4.49. The zero-order chi connectivity index (χ0) is 17.4. The van der Waals surface area contributed by atoms with Crippen molar-refractivity contribution in [2.45, 2.75) is 49.7 Å². The number of fused-ring (bicyclic) bond motifs is 1. The molecule has 0 amide bonds. The third-order valence-corrected chi connectivity index (χ3v) is 4.49. The predicted molar refractivity (Wildman–Crippen MR) is 79.3 cm³/mol. The van der Waals surface area contributed by atoms with E-state index in [2.05, 4.69) is 0 Å². The highest BCUT2D eigenvalue weighted by Gasteiger charge is 2.45. The second kappa shape index (κ2) is 6.75. The van der Waals surface area contributed by atoms with Crippen LogP contribution in [0.25, 0.3) is 0 Å². The van der Waals surface area contributed by atoms with Crippen LogP contribution in [0.5, 0.6) is 5.75 Å². The summed E-state index contributed by atoms with van der Waals surface area (Å²) in [5, 5.41) is 48.9. The summed E-state index contributed by atoms with van der Waals surface area (Å²) >= 11 is 0. The molecule has 1 aliphatic heterocycles. The van der Waals surface area contributed by atoms with E-state index in [-0.39, 0.29) is 24.4 Å². The molecule has 1 heterocycles. The molecule has 6 atom stereocenters. The second-order valence-electron chi connectivity index (χ2n) is 6.02. The molecule has 8 heteroatoms. The van der Waals surface area contributed by atoms with E-state index in [1.54, 1.807) is 12.1 Å². The van der Waals surface area contributed by atoms with Gasteiger partial charge in [-0.25, -0.2) is 0 Å². The van der Waals surface area contributed by atoms with Gasteiger partial charge < -0.3 is 35.0 Å². The number of phenolic OH excluding ortho intramolecular Hbond substituents is 1. The predicted octanol–water partition coefficient (Wildman–Crippen LogP) is -0.774. The Kier molecular flexibility index (Phi) is 4.86. The van der Waals surface area contributed by atoms with Gasteiger partial charge in [0.2, 0.25) is 0 Å². The molecule has 0 bridgehead atoms. The van der Waals surface area contributed by atoms with Crippen molar-refractivity contribution in [2.75, 3.05) is 6.61 Å². The molecule has 1 saturated heterocycles. The number of aliphatic hydroxyl groups is 4. The summed E-state index contributed by atoms with van der Waals surface area (Å²) in [6.07, 6.45) is -7.19. The summed E-state index contributed by atoms with van der Waals surface area (Å²) in [7, 11) is 0. The molecule has 1 aromatic rings. The average Bonchev–Trinajstić information content (AvgIpc) is 2.58. The number of ketones is 1. The van der Waals surface area contributed by atoms with Crippen molar-refractivity contribution in [1.82, 2.24) is 0 Å². The maximum atomic E-state index is 12.0. The number of phenols is 1. The SMILES string of the molecule is O=C1CC[C@@H](O[C@@H]2O[C@H](CO)[C@@H](O)[C@H](O)[C@H]2O)c2c(O)cccc21. The van der Waals surface area contributed by atoms with Crippen LogP contribution < -0.4 is 0 Å². The van der Waals surface area contributed by atoms with E-state index in [0.717, 1.165) is 0 Å². The van der Waals surface area contributed by atoms with Crippen molar-refractivity contribution in [3.8, 4) is 5.75 Å². The van der Waals surface area contributed by atoms with Gasteiger partial charge in [0.1, 0.15) is 30.2 Å². The van der Waals surface area contributed by atoms with Crippen molar-refractivity contribution in [1.29, 1.82) is 0 Å². The molecule has 0 aromatic heterocycles. The molecule has 0 spiro atoms. The number of rotatable bonds is 3. The highest BCUT2D eigenvalue weighted by atomic mass is 16.7. The zero-order valence-electron chi connectivity index (χ0n) is 12.8. The van der Waals surface area contributed by atoms with Gasteiger partial charge in [0.15, 0.2) is 12.1 Å². The number of benzene rings is 1. The minimum atomic E-state index is -1.55. The van der Waals surface area contributed by atoms with Gasteiger partial charge in [0.25, 0.3) is 0 Å². The van der Waals surface area contributed by atoms with E-state index >= 15 is 0 Å². The zero-order valence-corrected chi connectivity index (χ0v) is 12.8. The lowest BCUT2D eigenvalue weighted by Crippen LogP contribution is -2.59. The molecular weight excluding hydrogens is 320 g/mol. The van der Waals surface area contributed by atoms with Crippen LogP contribution in [0, 0.1) is 0 Å². The fourth-order valence-corrected chi connectivity index (χ4v) is 3.15. The van der Waals surface area contributed by atoms with E-state index in [1.807, 2.05) is 0 Å². The number of carbonyl (C=O) groups is 1. The summed E-state index contributed by atoms with van der Waals surface area (Å²) in [5.74, 6) is -0.218. The van der Waals surface area contributed by atoms with Gasteiger partial charge in [-0.3, -0.25) is 4.79 Å². The summed E-state index contributed by atoms with van der Waals surface area (Å²) in [5.41, 5.74) is 0.654. The highest BCUT2D eigenvalue weighted by molar-refractivity contribution is 5.99. The van der Waals surface area contributed by atoms with E-state index in [0.29, 0.717) is 11.1 Å². The smallest absolute Gasteiger partial charge is 0.187 e. The molecule has 8 nitrogen and oxygen atoms in total. The lowest BCUT2D eigenvalue weighted by molar-refractivity contribution is -0.313. The van der Waals surface area contributed by atoms with Crippen LogP contribution >= 0.6 is 0 Å². The van der Waals surface area contributed by atoms with Crippen molar-refractivity contribution < 1.29 is 39.8 Å². The first-order valence-corrected chi connectivity index (χ1v) is 7.75. The molecule has 0 unspecified atom stereocenters. The monoisotopic (exact) mass is 340 g/mol. The normalized spacial score (nSPS) is 36.4. The Labute approximate surface area is 137 Å². The molecule has 1 fully saturated rings. The van der Waals surface area contributed by atoms with Crippen LogP contribution in [-0.4, -0.2) is 68.6 Å². The molecule has 1 aliphatic carbocycles. The Balaban J connectivity index is 1.84. The van der Waals surface area contributed by atoms with E-state index in [4.69, 9.17) is 9.47 Å². The van der Waals surface area contributed by atoms with Crippen molar-refractivity contribution in [2.24, 2.45) is 0 Å². The second-order valence-corrected chi connectivity index (χ2v) is 6.02. The maximum Gasteiger partial charge on any atom is 0.187 e. The number of aromatic hydroxyl groups is 1. The molecule has 3 rings (SSSR count). The molecule has 0 saturated carbocycles. The molecule has 0 radical (unpaired) electrons. The maximum absolute atomic E-state index is 12.0. The first-order chi connectivity index (χ1) is 11.4. The highest BCUT2D eigenvalue weighted by Crippen LogP contribution is 2.40. The van der Waals surface area contributed by atoms with E-state index < -0.39 is 43.4 Å². The Morgan fingerprint density at radius 1 is 1.17 bits per heavy atom. The first-order valence-electron chi connectivity index (χ1n) is 7.75. The fraction of sp³-hybridized carbons (Fsp3) is 0.562. The third kappa shape index (κ3) is 2.92. The van der Waals surface area contributed by atoms with Crippen molar-refractivity contribution in [3.05, 3.63) is 29.3 Å². The Bertz CT molecular complexity index is 616. The van der Waals surface area contributed by atoms with Gasteiger partial charge >= 0.3 is 0 Å². The minimum absolute atomic E-state index is 0.102. The number of carbonyl (C=O) groups excluding carboxylic acids is 1. The lowest BCUT2D eigenvalue weighted by atomic mass is 9.87. The number of aliphatic hydroxyl groups excluding tert-OH is 4. The van der Waals surface area contributed by atoms with Gasteiger partial charge in [-0.05, 0) is 12.5 Å². The number of hydrogen-bond acceptors (Lipinski definition) is 8. The average molecular weight is 340 g/mol. The molecule has 1 aromatic carbocycles.